The average molecular weight is 326 g/mol. The van der Waals surface area contributed by atoms with Crippen LogP contribution in [0.1, 0.15) is 15.9 Å². The van der Waals surface area contributed by atoms with Gasteiger partial charge in [-0.2, -0.15) is 0 Å². The van der Waals surface area contributed by atoms with Crippen molar-refractivity contribution in [1.82, 2.24) is 4.57 Å². The first kappa shape index (κ1) is 13.5. The highest BCUT2D eigenvalue weighted by Gasteiger charge is 2.11. The smallest absolute Gasteiger partial charge is 0.341 e. The van der Waals surface area contributed by atoms with Crippen molar-refractivity contribution in [3.8, 4) is 0 Å². The Kier molecular flexibility index (Phi) is 3.80. The van der Waals surface area contributed by atoms with Crippen LogP contribution in [0.15, 0.2) is 45.8 Å². The van der Waals surface area contributed by atoms with E-state index in [4.69, 9.17) is 5.11 Å². The number of hydrogen-bond acceptors (Lipinski definition) is 2. The van der Waals surface area contributed by atoms with Crippen molar-refractivity contribution in [2.45, 2.75) is 6.54 Å². The zero-order valence-electron chi connectivity index (χ0n) is 9.64. The molecule has 1 aromatic heterocycles. The summed E-state index contributed by atoms with van der Waals surface area (Å²) in [5.74, 6) is -1.65. The highest BCUT2D eigenvalue weighted by molar-refractivity contribution is 9.10. The normalized spacial score (nSPS) is 10.4. The Morgan fingerprint density at radius 2 is 2.11 bits per heavy atom. The molecule has 0 unspecified atom stereocenters. The number of carboxylic acids is 1. The van der Waals surface area contributed by atoms with Crippen molar-refractivity contribution < 1.29 is 14.3 Å². The maximum atomic E-state index is 13.0. The van der Waals surface area contributed by atoms with Crippen LogP contribution in [0.2, 0.25) is 0 Å². The van der Waals surface area contributed by atoms with Gasteiger partial charge in [0.2, 0.25) is 0 Å². The quantitative estimate of drug-likeness (QED) is 0.943. The van der Waals surface area contributed by atoms with Gasteiger partial charge in [0.25, 0.3) is 5.56 Å². The van der Waals surface area contributed by atoms with Crippen molar-refractivity contribution in [2.75, 3.05) is 0 Å². The third-order valence-electron chi connectivity index (χ3n) is 2.61. The summed E-state index contributed by atoms with van der Waals surface area (Å²) in [5.41, 5.74) is -0.196. The first-order valence-corrected chi connectivity index (χ1v) is 6.15. The number of aromatic nitrogens is 1. The van der Waals surface area contributed by atoms with E-state index in [1.165, 1.54) is 35.0 Å². The number of hydrogen-bond donors (Lipinski definition) is 1. The Balaban J connectivity index is 2.42. The van der Waals surface area contributed by atoms with Gasteiger partial charge in [0.15, 0.2) is 0 Å². The molecule has 0 radical (unpaired) electrons. The highest BCUT2D eigenvalue weighted by Crippen LogP contribution is 2.18. The highest BCUT2D eigenvalue weighted by atomic mass is 79.9. The number of halogens is 2. The monoisotopic (exact) mass is 325 g/mol. The fraction of sp³-hybridized carbons (Fsp3) is 0.0769. The van der Waals surface area contributed by atoms with Crippen LogP contribution in [-0.2, 0) is 6.54 Å². The van der Waals surface area contributed by atoms with Crippen LogP contribution in [0.4, 0.5) is 4.39 Å². The van der Waals surface area contributed by atoms with Crippen LogP contribution >= 0.6 is 15.9 Å². The van der Waals surface area contributed by atoms with Crippen LogP contribution in [0.25, 0.3) is 0 Å². The van der Waals surface area contributed by atoms with E-state index < -0.39 is 11.5 Å². The van der Waals surface area contributed by atoms with Crippen molar-refractivity contribution in [3.05, 3.63) is 68.3 Å². The lowest BCUT2D eigenvalue weighted by molar-refractivity contribution is 0.0694. The van der Waals surface area contributed by atoms with E-state index in [9.17, 15) is 14.0 Å². The molecule has 1 N–H and O–H groups in total. The lowest BCUT2D eigenvalue weighted by Gasteiger charge is -2.08. The number of carboxylic acid groups (broad SMARTS) is 1. The van der Waals surface area contributed by atoms with Gasteiger partial charge in [-0.25, -0.2) is 9.18 Å². The predicted molar refractivity (Wildman–Crippen MR) is 70.9 cm³/mol. The van der Waals surface area contributed by atoms with Crippen LogP contribution < -0.4 is 5.56 Å². The summed E-state index contributed by atoms with van der Waals surface area (Å²) in [6, 6.07) is 6.86. The van der Waals surface area contributed by atoms with Gasteiger partial charge in [0, 0.05) is 10.7 Å². The second kappa shape index (κ2) is 5.36. The SMILES string of the molecule is O=C(O)c1cccn(Cc2ccc(F)cc2Br)c1=O. The minimum absolute atomic E-state index is 0.167. The fourth-order valence-electron chi connectivity index (χ4n) is 1.66. The lowest BCUT2D eigenvalue weighted by atomic mass is 10.2. The summed E-state index contributed by atoms with van der Waals surface area (Å²) >= 11 is 3.20. The number of nitrogens with zero attached hydrogens (tertiary/aromatic N) is 1. The number of aromatic carboxylic acids is 1. The summed E-state index contributed by atoms with van der Waals surface area (Å²) in [7, 11) is 0. The molecule has 2 rings (SSSR count). The van der Waals surface area contributed by atoms with Crippen molar-refractivity contribution in [1.29, 1.82) is 0 Å². The third kappa shape index (κ3) is 2.90. The molecule has 0 aliphatic heterocycles. The van der Waals surface area contributed by atoms with Gasteiger partial charge >= 0.3 is 5.97 Å². The van der Waals surface area contributed by atoms with Crippen LogP contribution in [0, 0.1) is 5.82 Å². The summed E-state index contributed by atoms with van der Waals surface area (Å²) in [6.07, 6.45) is 1.49. The average Bonchev–Trinajstić information content (AvgIpc) is 2.34. The third-order valence-corrected chi connectivity index (χ3v) is 3.34. The second-order valence-electron chi connectivity index (χ2n) is 3.90. The van der Waals surface area contributed by atoms with Crippen LogP contribution in [-0.4, -0.2) is 15.6 Å². The lowest BCUT2D eigenvalue weighted by Crippen LogP contribution is -2.26. The zero-order chi connectivity index (χ0) is 14.0. The van der Waals surface area contributed by atoms with Crippen molar-refractivity contribution in [3.63, 3.8) is 0 Å². The molecule has 0 saturated carbocycles. The van der Waals surface area contributed by atoms with Crippen molar-refractivity contribution >= 4 is 21.9 Å². The largest absolute Gasteiger partial charge is 0.477 e. The molecule has 0 aliphatic carbocycles. The molecular formula is C13H9BrFNO3. The summed E-state index contributed by atoms with van der Waals surface area (Å²) < 4.78 is 14.8. The first-order chi connectivity index (χ1) is 8.99. The van der Waals surface area contributed by atoms with Gasteiger partial charge in [-0.15, -0.1) is 0 Å². The molecule has 19 heavy (non-hydrogen) atoms. The molecule has 2 aromatic rings. The van der Waals surface area contributed by atoms with E-state index in [1.807, 2.05) is 0 Å². The molecule has 0 bridgehead atoms. The van der Waals surface area contributed by atoms with Gasteiger partial charge < -0.3 is 9.67 Å². The Morgan fingerprint density at radius 1 is 1.37 bits per heavy atom. The molecule has 98 valence electrons. The Morgan fingerprint density at radius 3 is 2.74 bits per heavy atom. The van der Waals surface area contributed by atoms with Gasteiger partial charge in [0.1, 0.15) is 11.4 Å². The molecule has 6 heteroatoms. The molecular weight excluding hydrogens is 317 g/mol. The summed E-state index contributed by atoms with van der Waals surface area (Å²) in [5, 5.41) is 8.87. The molecule has 0 amide bonds. The van der Waals surface area contributed by atoms with Crippen LogP contribution in [0.5, 0.6) is 0 Å². The molecule has 1 heterocycles. The minimum Gasteiger partial charge on any atom is -0.477 e. The van der Waals surface area contributed by atoms with Crippen LogP contribution in [0.3, 0.4) is 0 Å². The standard InChI is InChI=1S/C13H9BrFNO3/c14-11-6-9(15)4-3-8(11)7-16-5-1-2-10(12(16)17)13(18)19/h1-6H,7H2,(H,18,19). The van der Waals surface area contributed by atoms with Gasteiger partial charge in [-0.1, -0.05) is 22.0 Å². The molecule has 0 atom stereocenters. The summed E-state index contributed by atoms with van der Waals surface area (Å²) in [4.78, 5) is 22.8. The van der Waals surface area contributed by atoms with Gasteiger partial charge in [-0.3, -0.25) is 4.79 Å². The Hall–Kier alpha value is -1.95. The minimum atomic E-state index is -1.27. The number of pyridine rings is 1. The molecule has 4 nitrogen and oxygen atoms in total. The predicted octanol–water partition coefficient (Wildman–Crippen LogP) is 2.50. The Labute approximate surface area is 116 Å². The van der Waals surface area contributed by atoms with E-state index in [-0.39, 0.29) is 17.9 Å². The molecule has 0 fully saturated rings. The first-order valence-electron chi connectivity index (χ1n) is 5.35. The van der Waals surface area contributed by atoms with E-state index in [2.05, 4.69) is 15.9 Å². The fourth-order valence-corrected chi connectivity index (χ4v) is 2.13. The summed E-state index contributed by atoms with van der Waals surface area (Å²) in [6.45, 7) is 0.167. The van der Waals surface area contributed by atoms with E-state index in [0.29, 0.717) is 10.0 Å². The van der Waals surface area contributed by atoms with E-state index in [1.54, 1.807) is 6.07 Å². The maximum absolute atomic E-state index is 13.0. The van der Waals surface area contributed by atoms with Crippen molar-refractivity contribution in [2.24, 2.45) is 0 Å². The van der Waals surface area contributed by atoms with Gasteiger partial charge in [-0.05, 0) is 29.8 Å². The Bertz CT molecular complexity index is 697. The topological polar surface area (TPSA) is 59.3 Å². The molecule has 0 spiro atoms. The molecule has 0 aliphatic rings. The molecule has 0 saturated heterocycles. The second-order valence-corrected chi connectivity index (χ2v) is 4.75. The number of carbonyl (C=O) groups is 1. The number of benzene rings is 1. The zero-order valence-corrected chi connectivity index (χ0v) is 11.2. The van der Waals surface area contributed by atoms with E-state index >= 15 is 0 Å². The van der Waals surface area contributed by atoms with E-state index in [0.717, 1.165) is 0 Å². The molecule has 1 aromatic carbocycles. The van der Waals surface area contributed by atoms with Gasteiger partial charge in [0.05, 0.1) is 6.54 Å². The number of rotatable bonds is 3. The maximum Gasteiger partial charge on any atom is 0.341 e.